The lowest BCUT2D eigenvalue weighted by molar-refractivity contribution is -0.129. The first-order chi connectivity index (χ1) is 8.16. The summed E-state index contributed by atoms with van der Waals surface area (Å²) in [5, 5.41) is 10.1. The maximum Gasteiger partial charge on any atom is 0.240 e. The first-order valence-electron chi connectivity index (χ1n) is 5.77. The quantitative estimate of drug-likeness (QED) is 0.803. The highest BCUT2D eigenvalue weighted by atomic mass is 35.5. The second-order valence-electron chi connectivity index (χ2n) is 4.25. The molecule has 0 aliphatic carbocycles. The van der Waals surface area contributed by atoms with E-state index in [2.05, 4.69) is 15.7 Å². The van der Waals surface area contributed by atoms with Crippen LogP contribution >= 0.6 is 12.4 Å². The zero-order valence-corrected chi connectivity index (χ0v) is 11.4. The van der Waals surface area contributed by atoms with Crippen LogP contribution in [0.2, 0.25) is 0 Å². The minimum absolute atomic E-state index is 0. The molecule has 2 rings (SSSR count). The van der Waals surface area contributed by atoms with E-state index in [1.54, 1.807) is 10.9 Å². The van der Waals surface area contributed by atoms with Crippen LogP contribution in [0.5, 0.6) is 0 Å². The fourth-order valence-electron chi connectivity index (χ4n) is 1.89. The van der Waals surface area contributed by atoms with E-state index in [0.717, 1.165) is 12.1 Å². The number of nitrogens with zero attached hydrogens (tertiary/aromatic N) is 2. The van der Waals surface area contributed by atoms with E-state index < -0.39 is 0 Å². The standard InChI is InChI=1S/C11H18N4O2.ClH/c1-8-10(12-3-4-17-8)11(16)13-5-9-6-14-15(2)7-9;/h6-8,10,12H,3-5H2,1-2H3,(H,13,16);1H/t8-,10+;/m1./s1. The molecule has 0 spiro atoms. The van der Waals surface area contributed by atoms with Gasteiger partial charge in [-0.3, -0.25) is 9.48 Å². The summed E-state index contributed by atoms with van der Waals surface area (Å²) in [6.07, 6.45) is 3.54. The molecule has 1 aromatic rings. The summed E-state index contributed by atoms with van der Waals surface area (Å²) in [6, 6.07) is -0.263. The van der Waals surface area contributed by atoms with E-state index in [9.17, 15) is 4.79 Å². The molecule has 1 aromatic heterocycles. The summed E-state index contributed by atoms with van der Waals surface area (Å²) < 4.78 is 7.14. The number of hydrogen-bond donors (Lipinski definition) is 2. The molecule has 2 heterocycles. The summed E-state index contributed by atoms with van der Waals surface area (Å²) >= 11 is 0. The van der Waals surface area contributed by atoms with E-state index in [1.165, 1.54) is 0 Å². The van der Waals surface area contributed by atoms with Gasteiger partial charge in [0.1, 0.15) is 6.04 Å². The minimum Gasteiger partial charge on any atom is -0.375 e. The van der Waals surface area contributed by atoms with Crippen LogP contribution in [0.4, 0.5) is 0 Å². The summed E-state index contributed by atoms with van der Waals surface area (Å²) in [4.78, 5) is 11.9. The number of rotatable bonds is 3. The molecule has 0 saturated carbocycles. The molecule has 0 aromatic carbocycles. The highest BCUT2D eigenvalue weighted by Gasteiger charge is 2.27. The molecule has 1 aliphatic heterocycles. The van der Waals surface area contributed by atoms with E-state index in [1.807, 2.05) is 20.2 Å². The van der Waals surface area contributed by atoms with E-state index >= 15 is 0 Å². The molecule has 2 N–H and O–H groups in total. The van der Waals surface area contributed by atoms with Crippen molar-refractivity contribution in [1.29, 1.82) is 0 Å². The Hall–Kier alpha value is -1.11. The molecule has 0 unspecified atom stereocenters. The van der Waals surface area contributed by atoms with E-state index in [4.69, 9.17) is 4.74 Å². The van der Waals surface area contributed by atoms with Crippen molar-refractivity contribution in [3.05, 3.63) is 18.0 Å². The molecule has 2 atom stereocenters. The van der Waals surface area contributed by atoms with Crippen LogP contribution < -0.4 is 10.6 Å². The first kappa shape index (κ1) is 14.9. The minimum atomic E-state index is -0.263. The Kier molecular flexibility index (Phi) is 5.58. The number of ether oxygens (including phenoxy) is 1. The van der Waals surface area contributed by atoms with Gasteiger partial charge in [-0.05, 0) is 6.92 Å². The first-order valence-corrected chi connectivity index (χ1v) is 5.77. The van der Waals surface area contributed by atoms with Crippen molar-refractivity contribution in [2.75, 3.05) is 13.2 Å². The molecule has 1 aliphatic rings. The average Bonchev–Trinajstić information content (AvgIpc) is 2.73. The normalized spacial score (nSPS) is 23.2. The Balaban J connectivity index is 0.00000162. The molecule has 18 heavy (non-hydrogen) atoms. The highest BCUT2D eigenvalue weighted by molar-refractivity contribution is 5.85. The number of aromatic nitrogens is 2. The lowest BCUT2D eigenvalue weighted by Crippen LogP contribution is -2.55. The molecule has 102 valence electrons. The van der Waals surface area contributed by atoms with Gasteiger partial charge in [0.15, 0.2) is 0 Å². The number of carbonyl (C=O) groups is 1. The molecule has 6 nitrogen and oxygen atoms in total. The number of hydrogen-bond acceptors (Lipinski definition) is 4. The third-order valence-corrected chi connectivity index (χ3v) is 2.82. The fraction of sp³-hybridized carbons (Fsp3) is 0.636. The summed E-state index contributed by atoms with van der Waals surface area (Å²) in [6.45, 7) is 3.78. The summed E-state index contributed by atoms with van der Waals surface area (Å²) in [7, 11) is 1.85. The van der Waals surface area contributed by atoms with Crippen LogP contribution in [-0.2, 0) is 23.1 Å². The zero-order valence-electron chi connectivity index (χ0n) is 10.5. The van der Waals surface area contributed by atoms with Gasteiger partial charge in [-0.15, -0.1) is 12.4 Å². The number of halogens is 1. The lowest BCUT2D eigenvalue weighted by Gasteiger charge is -2.29. The van der Waals surface area contributed by atoms with Crippen molar-refractivity contribution in [3.63, 3.8) is 0 Å². The Morgan fingerprint density at radius 3 is 3.11 bits per heavy atom. The Bertz CT molecular complexity index is 396. The third-order valence-electron chi connectivity index (χ3n) is 2.82. The van der Waals surface area contributed by atoms with E-state index in [0.29, 0.717) is 13.2 Å². The van der Waals surface area contributed by atoms with Crippen LogP contribution in [0.25, 0.3) is 0 Å². The van der Waals surface area contributed by atoms with Crippen molar-refractivity contribution >= 4 is 18.3 Å². The van der Waals surface area contributed by atoms with Crippen molar-refractivity contribution in [3.8, 4) is 0 Å². The molecule has 1 amide bonds. The van der Waals surface area contributed by atoms with Gasteiger partial charge in [0.2, 0.25) is 5.91 Å². The molecule has 1 fully saturated rings. The maximum absolute atomic E-state index is 11.9. The predicted octanol–water partition coefficient (Wildman–Crippen LogP) is -0.165. The predicted molar refractivity (Wildman–Crippen MR) is 69.5 cm³/mol. The van der Waals surface area contributed by atoms with Gasteiger partial charge in [0.05, 0.1) is 18.9 Å². The monoisotopic (exact) mass is 274 g/mol. The Labute approximate surface area is 112 Å². The third kappa shape index (κ3) is 3.69. The van der Waals surface area contributed by atoms with Crippen molar-refractivity contribution in [1.82, 2.24) is 20.4 Å². The van der Waals surface area contributed by atoms with E-state index in [-0.39, 0.29) is 30.5 Å². The van der Waals surface area contributed by atoms with Crippen molar-refractivity contribution in [2.24, 2.45) is 7.05 Å². The van der Waals surface area contributed by atoms with Gasteiger partial charge in [-0.25, -0.2) is 0 Å². The molecular weight excluding hydrogens is 256 g/mol. The van der Waals surface area contributed by atoms with Gasteiger partial charge >= 0.3 is 0 Å². The van der Waals surface area contributed by atoms with Crippen LogP contribution in [0.3, 0.4) is 0 Å². The number of carbonyl (C=O) groups excluding carboxylic acids is 1. The Morgan fingerprint density at radius 2 is 2.50 bits per heavy atom. The summed E-state index contributed by atoms with van der Waals surface area (Å²) in [5.41, 5.74) is 0.991. The van der Waals surface area contributed by atoms with Crippen LogP contribution in [-0.4, -0.2) is 41.0 Å². The van der Waals surface area contributed by atoms with Gasteiger partial charge in [-0.1, -0.05) is 0 Å². The fourth-order valence-corrected chi connectivity index (χ4v) is 1.89. The number of aryl methyl sites for hydroxylation is 1. The average molecular weight is 275 g/mol. The molecule has 0 radical (unpaired) electrons. The van der Waals surface area contributed by atoms with Gasteiger partial charge in [-0.2, -0.15) is 5.10 Å². The van der Waals surface area contributed by atoms with Crippen molar-refractivity contribution in [2.45, 2.75) is 25.6 Å². The topological polar surface area (TPSA) is 68.2 Å². The second kappa shape index (κ2) is 6.72. The highest BCUT2D eigenvalue weighted by Crippen LogP contribution is 2.04. The second-order valence-corrected chi connectivity index (χ2v) is 4.25. The lowest BCUT2D eigenvalue weighted by atomic mass is 10.1. The largest absolute Gasteiger partial charge is 0.375 e. The number of nitrogens with one attached hydrogen (secondary N) is 2. The molecule has 0 bridgehead atoms. The van der Waals surface area contributed by atoms with Crippen LogP contribution in [0.1, 0.15) is 12.5 Å². The molecular formula is C11H19ClN4O2. The molecule has 7 heteroatoms. The Morgan fingerprint density at radius 1 is 1.72 bits per heavy atom. The number of amides is 1. The van der Waals surface area contributed by atoms with Gasteiger partial charge in [0, 0.05) is 31.9 Å². The zero-order chi connectivity index (χ0) is 12.3. The van der Waals surface area contributed by atoms with Gasteiger partial charge in [0.25, 0.3) is 0 Å². The number of morpholine rings is 1. The SMILES string of the molecule is C[C@H]1OCCN[C@@H]1C(=O)NCc1cnn(C)c1.Cl. The summed E-state index contributed by atoms with van der Waals surface area (Å²) in [5.74, 6) is -0.0268. The van der Waals surface area contributed by atoms with Crippen LogP contribution in [0.15, 0.2) is 12.4 Å². The van der Waals surface area contributed by atoms with Gasteiger partial charge < -0.3 is 15.4 Å². The van der Waals surface area contributed by atoms with Crippen LogP contribution in [0, 0.1) is 0 Å². The van der Waals surface area contributed by atoms with Crippen molar-refractivity contribution < 1.29 is 9.53 Å². The smallest absolute Gasteiger partial charge is 0.240 e. The molecule has 1 saturated heterocycles. The maximum atomic E-state index is 11.9.